The van der Waals surface area contributed by atoms with E-state index in [2.05, 4.69) is 5.32 Å². The quantitative estimate of drug-likeness (QED) is 0.848. The van der Waals surface area contributed by atoms with Crippen molar-refractivity contribution in [3.63, 3.8) is 0 Å². The summed E-state index contributed by atoms with van der Waals surface area (Å²) in [5.41, 5.74) is 1.32. The summed E-state index contributed by atoms with van der Waals surface area (Å²) in [6.07, 6.45) is 2.21. The van der Waals surface area contributed by atoms with Crippen LogP contribution in [0, 0.1) is 6.92 Å². The van der Waals surface area contributed by atoms with Gasteiger partial charge >= 0.3 is 0 Å². The van der Waals surface area contributed by atoms with E-state index in [1.165, 1.54) is 11.8 Å². The Labute approximate surface area is 106 Å². The second-order valence-corrected chi connectivity index (χ2v) is 5.54. The Morgan fingerprint density at radius 2 is 2.35 bits per heavy atom. The molecule has 4 heteroatoms. The van der Waals surface area contributed by atoms with Gasteiger partial charge in [0.1, 0.15) is 5.75 Å². The van der Waals surface area contributed by atoms with Crippen molar-refractivity contribution in [1.82, 2.24) is 5.32 Å². The van der Waals surface area contributed by atoms with Crippen molar-refractivity contribution < 1.29 is 9.90 Å². The van der Waals surface area contributed by atoms with Crippen molar-refractivity contribution >= 4 is 17.7 Å². The number of hydrogen-bond acceptors (Lipinski definition) is 3. The Hall–Kier alpha value is -1.16. The fraction of sp³-hybridized carbons (Fsp3) is 0.462. The predicted octanol–water partition coefficient (Wildman–Crippen LogP) is 2.33. The van der Waals surface area contributed by atoms with Gasteiger partial charge in [0, 0.05) is 17.4 Å². The lowest BCUT2D eigenvalue weighted by Crippen LogP contribution is -2.38. The minimum atomic E-state index is -0.0900. The molecule has 17 heavy (non-hydrogen) atoms. The van der Waals surface area contributed by atoms with Crippen molar-refractivity contribution in [2.75, 3.05) is 11.5 Å². The van der Waals surface area contributed by atoms with E-state index in [0.717, 1.165) is 24.2 Å². The highest BCUT2D eigenvalue weighted by atomic mass is 32.2. The van der Waals surface area contributed by atoms with Crippen molar-refractivity contribution in [3.8, 4) is 5.75 Å². The summed E-state index contributed by atoms with van der Waals surface area (Å²) < 4.78 is 0. The number of carbonyl (C=O) groups is 1. The number of aryl methyl sites for hydroxylation is 1. The van der Waals surface area contributed by atoms with Gasteiger partial charge in [-0.2, -0.15) is 11.8 Å². The molecule has 1 atom stereocenters. The van der Waals surface area contributed by atoms with Gasteiger partial charge in [0.2, 0.25) is 0 Å². The molecule has 1 aromatic carbocycles. The molecule has 1 fully saturated rings. The number of rotatable bonds is 2. The zero-order valence-corrected chi connectivity index (χ0v) is 10.7. The summed E-state index contributed by atoms with van der Waals surface area (Å²) in [5.74, 6) is 2.27. The summed E-state index contributed by atoms with van der Waals surface area (Å²) in [7, 11) is 0. The molecule has 1 aromatic rings. The zero-order chi connectivity index (χ0) is 12.3. The van der Waals surface area contributed by atoms with Gasteiger partial charge in [-0.05, 0) is 43.2 Å². The van der Waals surface area contributed by atoms with Crippen LogP contribution in [0.15, 0.2) is 18.2 Å². The fourth-order valence-electron chi connectivity index (χ4n) is 1.87. The van der Waals surface area contributed by atoms with Crippen LogP contribution < -0.4 is 5.32 Å². The van der Waals surface area contributed by atoms with E-state index in [-0.39, 0.29) is 17.7 Å². The molecule has 1 unspecified atom stereocenters. The minimum absolute atomic E-state index is 0.0900. The van der Waals surface area contributed by atoms with Crippen LogP contribution in [0.2, 0.25) is 0 Å². The molecule has 0 aliphatic carbocycles. The SMILES string of the molecule is Cc1ccc(C(=O)NC2CCCSC2)cc1O. The summed E-state index contributed by atoms with van der Waals surface area (Å²) in [6, 6.07) is 5.31. The maximum Gasteiger partial charge on any atom is 0.251 e. The molecule has 1 aliphatic rings. The smallest absolute Gasteiger partial charge is 0.251 e. The first-order valence-electron chi connectivity index (χ1n) is 5.85. The standard InChI is InChI=1S/C13H17NO2S/c1-9-4-5-10(7-12(9)15)13(16)14-11-3-2-6-17-8-11/h4-5,7,11,15H,2-3,6,8H2,1H3,(H,14,16). The first kappa shape index (κ1) is 12.3. The highest BCUT2D eigenvalue weighted by Crippen LogP contribution is 2.19. The summed E-state index contributed by atoms with van der Waals surface area (Å²) >= 11 is 1.88. The largest absolute Gasteiger partial charge is 0.508 e. The molecule has 1 heterocycles. The molecule has 3 nitrogen and oxygen atoms in total. The lowest BCUT2D eigenvalue weighted by molar-refractivity contribution is 0.0938. The number of benzene rings is 1. The number of phenolic OH excluding ortho intramolecular Hbond substituents is 1. The molecule has 0 radical (unpaired) electrons. The third-order valence-electron chi connectivity index (χ3n) is 2.97. The van der Waals surface area contributed by atoms with Gasteiger partial charge in [-0.3, -0.25) is 4.79 Å². The number of aromatic hydroxyl groups is 1. The van der Waals surface area contributed by atoms with Crippen LogP contribution in [-0.4, -0.2) is 28.6 Å². The van der Waals surface area contributed by atoms with E-state index in [1.807, 2.05) is 18.7 Å². The Balaban J connectivity index is 2.01. The monoisotopic (exact) mass is 251 g/mol. The first-order valence-corrected chi connectivity index (χ1v) is 7.00. The number of nitrogens with one attached hydrogen (secondary N) is 1. The molecule has 0 saturated carbocycles. The van der Waals surface area contributed by atoms with E-state index in [9.17, 15) is 9.90 Å². The molecule has 0 spiro atoms. The van der Waals surface area contributed by atoms with Crippen LogP contribution in [0.25, 0.3) is 0 Å². The maximum atomic E-state index is 11.9. The van der Waals surface area contributed by atoms with Crippen LogP contribution in [0.3, 0.4) is 0 Å². The van der Waals surface area contributed by atoms with Gasteiger partial charge in [-0.1, -0.05) is 6.07 Å². The van der Waals surface area contributed by atoms with E-state index < -0.39 is 0 Å². The Morgan fingerprint density at radius 3 is 3.00 bits per heavy atom. The number of thioether (sulfide) groups is 1. The van der Waals surface area contributed by atoms with Gasteiger partial charge in [-0.15, -0.1) is 0 Å². The van der Waals surface area contributed by atoms with E-state index in [4.69, 9.17) is 0 Å². The van der Waals surface area contributed by atoms with Gasteiger partial charge < -0.3 is 10.4 Å². The second-order valence-electron chi connectivity index (χ2n) is 4.39. The van der Waals surface area contributed by atoms with Gasteiger partial charge in [0.05, 0.1) is 0 Å². The lowest BCUT2D eigenvalue weighted by atomic mass is 10.1. The minimum Gasteiger partial charge on any atom is -0.508 e. The fourth-order valence-corrected chi connectivity index (χ4v) is 2.95. The summed E-state index contributed by atoms with van der Waals surface area (Å²) in [5, 5.41) is 12.6. The lowest BCUT2D eigenvalue weighted by Gasteiger charge is -2.22. The topological polar surface area (TPSA) is 49.3 Å². The molecule has 1 saturated heterocycles. The van der Waals surface area contributed by atoms with Crippen molar-refractivity contribution in [3.05, 3.63) is 29.3 Å². The van der Waals surface area contributed by atoms with Crippen LogP contribution in [0.4, 0.5) is 0 Å². The maximum absolute atomic E-state index is 11.9. The molecule has 0 bridgehead atoms. The Kier molecular flexibility index (Phi) is 3.94. The van der Waals surface area contributed by atoms with Crippen LogP contribution in [0.1, 0.15) is 28.8 Å². The van der Waals surface area contributed by atoms with E-state index >= 15 is 0 Å². The highest BCUT2D eigenvalue weighted by Gasteiger charge is 2.17. The normalized spacial score (nSPS) is 19.9. The third kappa shape index (κ3) is 3.16. The predicted molar refractivity (Wildman–Crippen MR) is 70.7 cm³/mol. The second kappa shape index (κ2) is 5.45. The van der Waals surface area contributed by atoms with Crippen molar-refractivity contribution in [1.29, 1.82) is 0 Å². The van der Waals surface area contributed by atoms with E-state index in [0.29, 0.717) is 5.56 Å². The molecule has 1 amide bonds. The number of carbonyl (C=O) groups excluding carboxylic acids is 1. The molecular formula is C13H17NO2S. The molecule has 92 valence electrons. The first-order chi connectivity index (χ1) is 8.16. The molecule has 1 aliphatic heterocycles. The van der Waals surface area contributed by atoms with Crippen LogP contribution >= 0.6 is 11.8 Å². The number of hydrogen-bond donors (Lipinski definition) is 2. The molecule has 2 rings (SSSR count). The van der Waals surface area contributed by atoms with Gasteiger partial charge in [0.15, 0.2) is 0 Å². The number of amides is 1. The number of phenols is 1. The molecule has 0 aromatic heterocycles. The molecular weight excluding hydrogens is 234 g/mol. The zero-order valence-electron chi connectivity index (χ0n) is 9.90. The Bertz CT molecular complexity index is 414. The van der Waals surface area contributed by atoms with E-state index in [1.54, 1.807) is 12.1 Å². The average molecular weight is 251 g/mol. The van der Waals surface area contributed by atoms with Crippen molar-refractivity contribution in [2.24, 2.45) is 0 Å². The summed E-state index contributed by atoms with van der Waals surface area (Å²) in [6.45, 7) is 1.81. The van der Waals surface area contributed by atoms with Crippen LogP contribution in [-0.2, 0) is 0 Å². The Morgan fingerprint density at radius 1 is 1.53 bits per heavy atom. The van der Waals surface area contributed by atoms with Gasteiger partial charge in [0.25, 0.3) is 5.91 Å². The third-order valence-corrected chi connectivity index (χ3v) is 4.18. The van der Waals surface area contributed by atoms with Gasteiger partial charge in [-0.25, -0.2) is 0 Å². The van der Waals surface area contributed by atoms with Crippen LogP contribution in [0.5, 0.6) is 5.75 Å². The van der Waals surface area contributed by atoms with Crippen molar-refractivity contribution in [2.45, 2.75) is 25.8 Å². The average Bonchev–Trinajstić information content (AvgIpc) is 2.34. The molecule has 2 N–H and O–H groups in total. The highest BCUT2D eigenvalue weighted by molar-refractivity contribution is 7.99. The summed E-state index contributed by atoms with van der Waals surface area (Å²) in [4.78, 5) is 11.9.